The van der Waals surface area contributed by atoms with Gasteiger partial charge in [-0.15, -0.1) is 0 Å². The summed E-state index contributed by atoms with van der Waals surface area (Å²) in [7, 11) is 1.08. The second kappa shape index (κ2) is 29.0. The Morgan fingerprint density at radius 2 is 1.24 bits per heavy atom. The molecule has 2 aromatic rings. The fourth-order valence-electron chi connectivity index (χ4n) is 5.73. The summed E-state index contributed by atoms with van der Waals surface area (Å²) in [5.74, 6) is -0.975. The summed E-state index contributed by atoms with van der Waals surface area (Å²) in [5, 5.41) is 0. The van der Waals surface area contributed by atoms with Gasteiger partial charge < -0.3 is 27.9 Å². The molecule has 0 spiro atoms. The zero-order valence-corrected chi connectivity index (χ0v) is 34.9. The topological polar surface area (TPSA) is 111 Å². The van der Waals surface area contributed by atoms with Crippen LogP contribution in [0.2, 0.25) is 0 Å². The number of phosphoric acid groups is 1. The van der Waals surface area contributed by atoms with Crippen molar-refractivity contribution in [3.8, 4) is 0 Å². The van der Waals surface area contributed by atoms with Crippen molar-refractivity contribution in [1.29, 1.82) is 0 Å². The summed E-state index contributed by atoms with van der Waals surface area (Å²) >= 11 is 0. The van der Waals surface area contributed by atoms with Crippen LogP contribution < -0.4 is 4.89 Å². The van der Waals surface area contributed by atoms with E-state index < -0.39 is 32.5 Å². The Balaban J connectivity index is 1.80. The lowest BCUT2D eigenvalue weighted by atomic mass is 9.97. The van der Waals surface area contributed by atoms with Crippen molar-refractivity contribution in [2.75, 3.05) is 47.5 Å². The van der Waals surface area contributed by atoms with E-state index in [9.17, 15) is 19.0 Å². The number of hydrogen-bond donors (Lipinski definition) is 0. The number of unbranched alkanes of at least 4 members (excludes halogenated alkanes) is 12. The van der Waals surface area contributed by atoms with Gasteiger partial charge in [-0.05, 0) is 29.5 Å². The average molecular weight is 782 g/mol. The largest absolute Gasteiger partial charge is 0.756 e. The van der Waals surface area contributed by atoms with Gasteiger partial charge in [0.15, 0.2) is 6.10 Å². The number of esters is 2. The number of rotatable bonds is 31. The molecule has 0 fully saturated rings. The molecule has 306 valence electrons. The highest BCUT2D eigenvalue weighted by molar-refractivity contribution is 7.45. The third-order valence-corrected chi connectivity index (χ3v) is 9.91. The first-order valence-electron chi connectivity index (χ1n) is 20.4. The number of quaternary nitrogens is 1. The molecule has 0 bridgehead atoms. The molecule has 2 aromatic carbocycles. The van der Waals surface area contributed by atoms with Crippen LogP contribution in [0.3, 0.4) is 0 Å². The first kappa shape index (κ1) is 47.8. The monoisotopic (exact) mass is 781 g/mol. The molecular weight excluding hydrogens is 713 g/mol. The van der Waals surface area contributed by atoms with Gasteiger partial charge in [0.1, 0.15) is 19.8 Å². The zero-order chi connectivity index (χ0) is 40.0. The molecule has 10 heteroatoms. The van der Waals surface area contributed by atoms with Crippen molar-refractivity contribution in [1.82, 2.24) is 0 Å². The maximum Gasteiger partial charge on any atom is 0.306 e. The normalized spacial score (nSPS) is 13.5. The van der Waals surface area contributed by atoms with E-state index in [2.05, 4.69) is 37.3 Å². The van der Waals surface area contributed by atoms with Crippen LogP contribution in [0.1, 0.15) is 121 Å². The summed E-state index contributed by atoms with van der Waals surface area (Å²) in [6, 6.07) is 20.3. The molecule has 0 amide bonds. The van der Waals surface area contributed by atoms with Crippen LogP contribution in [0.25, 0.3) is 5.57 Å². The van der Waals surface area contributed by atoms with Crippen LogP contribution in [0.15, 0.2) is 91.0 Å². The zero-order valence-electron chi connectivity index (χ0n) is 34.0. The van der Waals surface area contributed by atoms with Gasteiger partial charge in [0, 0.05) is 12.8 Å². The number of likely N-dealkylation sites (N-methyl/N-ethyl adjacent to an activating group) is 1. The smallest absolute Gasteiger partial charge is 0.306 e. The van der Waals surface area contributed by atoms with E-state index in [0.29, 0.717) is 23.9 Å². The number of phosphoric ester groups is 1. The SMILES string of the molecule is CCCCCCCCCCCCCCCC(=O)OCC(COP(=O)([O-])OCC[N+](C)(C)C)OC(=O)CC/C=C/C=C/C=C(c1ccccc1)c1ccccc1. The van der Waals surface area contributed by atoms with Gasteiger partial charge >= 0.3 is 11.9 Å². The molecule has 2 rings (SSSR count). The minimum Gasteiger partial charge on any atom is -0.756 e. The summed E-state index contributed by atoms with van der Waals surface area (Å²) in [6.07, 6.45) is 24.9. The molecule has 9 nitrogen and oxygen atoms in total. The molecule has 2 atom stereocenters. The number of benzene rings is 2. The van der Waals surface area contributed by atoms with Crippen molar-refractivity contribution in [3.05, 3.63) is 102 Å². The summed E-state index contributed by atoms with van der Waals surface area (Å²) in [4.78, 5) is 37.7. The molecule has 0 aliphatic rings. The fraction of sp³-hybridized carbons (Fsp3) is 0.556. The van der Waals surface area contributed by atoms with E-state index in [4.69, 9.17) is 18.5 Å². The third-order valence-electron chi connectivity index (χ3n) is 8.95. The first-order chi connectivity index (χ1) is 26.5. The molecule has 0 radical (unpaired) electrons. The van der Waals surface area contributed by atoms with E-state index >= 15 is 0 Å². The Morgan fingerprint density at radius 3 is 1.78 bits per heavy atom. The summed E-state index contributed by atoms with van der Waals surface area (Å²) < 4.78 is 33.9. The highest BCUT2D eigenvalue weighted by Gasteiger charge is 2.21. The van der Waals surface area contributed by atoms with Gasteiger partial charge in [-0.3, -0.25) is 14.2 Å². The van der Waals surface area contributed by atoms with E-state index in [-0.39, 0.29) is 26.1 Å². The molecule has 55 heavy (non-hydrogen) atoms. The lowest BCUT2D eigenvalue weighted by Gasteiger charge is -2.28. The molecule has 0 saturated carbocycles. The molecule has 0 aromatic heterocycles. The Kier molecular flexibility index (Phi) is 25.2. The van der Waals surface area contributed by atoms with E-state index in [1.165, 1.54) is 57.8 Å². The van der Waals surface area contributed by atoms with Crippen LogP contribution in [0.4, 0.5) is 0 Å². The van der Waals surface area contributed by atoms with Gasteiger partial charge in [0.05, 0.1) is 27.7 Å². The van der Waals surface area contributed by atoms with E-state index in [1.807, 2.05) is 81.8 Å². The Morgan fingerprint density at radius 1 is 0.691 bits per heavy atom. The van der Waals surface area contributed by atoms with Gasteiger partial charge in [0.2, 0.25) is 0 Å². The second-order valence-corrected chi connectivity index (χ2v) is 16.5. The van der Waals surface area contributed by atoms with Crippen LogP contribution in [-0.4, -0.2) is 70.0 Å². The Labute approximate surface area is 332 Å². The number of ether oxygens (including phenoxy) is 2. The Hall–Kier alpha value is -3.33. The quantitative estimate of drug-likeness (QED) is 0.0244. The van der Waals surface area contributed by atoms with Crippen LogP contribution in [0.5, 0.6) is 0 Å². The van der Waals surface area contributed by atoms with Crippen molar-refractivity contribution in [2.45, 2.75) is 116 Å². The minimum atomic E-state index is -4.67. The maximum absolute atomic E-state index is 12.7. The predicted octanol–water partition coefficient (Wildman–Crippen LogP) is 10.2. The lowest BCUT2D eigenvalue weighted by Crippen LogP contribution is -2.37. The minimum absolute atomic E-state index is 0.0535. The predicted molar refractivity (Wildman–Crippen MR) is 221 cm³/mol. The van der Waals surface area contributed by atoms with E-state index in [0.717, 1.165) is 36.0 Å². The maximum atomic E-state index is 12.7. The first-order valence-corrected chi connectivity index (χ1v) is 21.8. The van der Waals surface area contributed by atoms with Crippen molar-refractivity contribution in [3.63, 3.8) is 0 Å². The molecule has 2 unspecified atom stereocenters. The molecule has 0 aliphatic heterocycles. The number of hydrogen-bond acceptors (Lipinski definition) is 8. The number of nitrogens with zero attached hydrogens (tertiary/aromatic N) is 1. The number of carbonyl (C=O) groups is 2. The second-order valence-electron chi connectivity index (χ2n) is 15.0. The Bertz CT molecular complexity index is 1410. The highest BCUT2D eigenvalue weighted by Crippen LogP contribution is 2.38. The van der Waals surface area contributed by atoms with Crippen LogP contribution in [-0.2, 0) is 32.7 Å². The number of carbonyl (C=O) groups excluding carboxylic acids is 2. The number of allylic oxidation sites excluding steroid dienone is 5. The van der Waals surface area contributed by atoms with E-state index in [1.54, 1.807) is 0 Å². The van der Waals surface area contributed by atoms with Crippen LogP contribution in [0, 0.1) is 0 Å². The molecule has 0 aliphatic carbocycles. The molecule has 0 N–H and O–H groups in total. The van der Waals surface area contributed by atoms with Gasteiger partial charge in [0.25, 0.3) is 7.82 Å². The van der Waals surface area contributed by atoms with Gasteiger partial charge in [-0.25, -0.2) is 0 Å². The highest BCUT2D eigenvalue weighted by atomic mass is 31.2. The standard InChI is InChI=1S/C45H68NO8P/c1-5-6-7-8-9-10-11-12-13-14-15-18-27-34-44(47)51-38-42(39-53-55(49,50)52-37-36-46(2,3)4)54-45(48)35-28-19-16-17-26-33-43(40-29-22-20-23-30-40)41-31-24-21-25-32-41/h16-17,19-26,29-33,42H,5-15,18,27-28,34-39H2,1-4H3/b19-16+,26-17+. The molecule has 0 saturated heterocycles. The fourth-order valence-corrected chi connectivity index (χ4v) is 6.46. The van der Waals surface area contributed by atoms with Crippen molar-refractivity contribution < 1.29 is 42.1 Å². The van der Waals surface area contributed by atoms with Gasteiger partial charge in [-0.2, -0.15) is 0 Å². The summed E-state index contributed by atoms with van der Waals surface area (Å²) in [6.45, 7) is 1.81. The van der Waals surface area contributed by atoms with Crippen molar-refractivity contribution >= 4 is 25.3 Å². The average Bonchev–Trinajstić information content (AvgIpc) is 3.15. The lowest BCUT2D eigenvalue weighted by molar-refractivity contribution is -0.870. The van der Waals surface area contributed by atoms with Crippen molar-refractivity contribution in [2.24, 2.45) is 0 Å². The molecule has 0 heterocycles. The molecular formula is C45H68NO8P. The van der Waals surface area contributed by atoms with Gasteiger partial charge in [-0.1, -0.05) is 175 Å². The summed E-state index contributed by atoms with van der Waals surface area (Å²) in [5.41, 5.74) is 3.31. The third kappa shape index (κ3) is 25.5. The van der Waals surface area contributed by atoms with Crippen LogP contribution >= 0.6 is 7.82 Å².